The summed E-state index contributed by atoms with van der Waals surface area (Å²) in [5.41, 5.74) is 1.97. The van der Waals surface area contributed by atoms with E-state index < -0.39 is 0 Å². The highest BCUT2D eigenvalue weighted by molar-refractivity contribution is 5.84. The third-order valence-electron chi connectivity index (χ3n) is 8.14. The van der Waals surface area contributed by atoms with E-state index in [1.807, 2.05) is 34.6 Å². The van der Waals surface area contributed by atoms with Gasteiger partial charge in [0.1, 0.15) is 24.8 Å². The van der Waals surface area contributed by atoms with Gasteiger partial charge in [-0.15, -0.1) is 0 Å². The maximum Gasteiger partial charge on any atom is 0.138 e. The molecule has 0 aromatic rings. The van der Waals surface area contributed by atoms with Crippen molar-refractivity contribution in [2.75, 3.05) is 13.2 Å². The van der Waals surface area contributed by atoms with Crippen LogP contribution in [0.3, 0.4) is 0 Å². The first-order valence-electron chi connectivity index (χ1n) is 16.6. The summed E-state index contributed by atoms with van der Waals surface area (Å²) in [6, 6.07) is 0. The molecule has 0 aromatic carbocycles. The van der Waals surface area contributed by atoms with Gasteiger partial charge < -0.3 is 9.68 Å². The number of unbranched alkanes of at least 4 members (excludes halogenated alkanes) is 4. The first-order valence-corrected chi connectivity index (χ1v) is 16.6. The Balaban J connectivity index is 4.15. The second-order valence-electron chi connectivity index (χ2n) is 16.1. The minimum Gasteiger partial charge on any atom is -0.396 e. The van der Waals surface area contributed by atoms with Gasteiger partial charge in [0.2, 0.25) is 0 Å². The predicted molar refractivity (Wildman–Crippen MR) is 179 cm³/mol. The van der Waals surface area contributed by atoms with Crippen molar-refractivity contribution >= 4 is 23.0 Å². The minimum absolute atomic E-state index is 0.136. The summed E-state index contributed by atoms with van der Waals surface area (Å²) in [6.45, 7) is 26.7. The Morgan fingerprint density at radius 1 is 0.524 bits per heavy atom. The largest absolute Gasteiger partial charge is 0.396 e. The van der Waals surface area contributed by atoms with E-state index in [4.69, 9.17) is 9.68 Å². The number of hydrogen-bond donors (Lipinski definition) is 0. The monoisotopic (exact) mass is 593 g/mol. The van der Waals surface area contributed by atoms with Gasteiger partial charge >= 0.3 is 0 Å². The number of rotatable bonds is 23. The van der Waals surface area contributed by atoms with Crippen LogP contribution in [0, 0.1) is 21.7 Å². The molecule has 0 radical (unpaired) electrons. The van der Waals surface area contributed by atoms with E-state index >= 15 is 0 Å². The molecule has 0 aliphatic heterocycles. The van der Waals surface area contributed by atoms with Gasteiger partial charge in [0.25, 0.3) is 0 Å². The maximum absolute atomic E-state index is 13.0. The van der Waals surface area contributed by atoms with E-state index in [0.29, 0.717) is 43.0 Å². The standard InChI is InChI=1S/C36H68N2O4/c1-29(21-23-33(3,4)5)37-41-28-18-14-16-20-32(40)36(11,12)26-25-35(9,10)24-22-30(2)38-42-27-17-13-15-19-31(39)34(6,7)8/h13-28H2,1-12H3/b37-29+,38-30+. The molecule has 6 heteroatoms. The lowest BCUT2D eigenvalue weighted by Crippen LogP contribution is -2.26. The van der Waals surface area contributed by atoms with Gasteiger partial charge in [-0.2, -0.15) is 0 Å². The van der Waals surface area contributed by atoms with Gasteiger partial charge in [-0.25, -0.2) is 0 Å². The zero-order chi connectivity index (χ0) is 32.5. The Bertz CT molecular complexity index is 841. The number of ketones is 2. The average Bonchev–Trinajstić information content (AvgIpc) is 2.87. The van der Waals surface area contributed by atoms with Crippen LogP contribution >= 0.6 is 0 Å². The second kappa shape index (κ2) is 19.5. The second-order valence-corrected chi connectivity index (χ2v) is 16.1. The van der Waals surface area contributed by atoms with Gasteiger partial charge in [-0.05, 0) is 102 Å². The van der Waals surface area contributed by atoms with E-state index in [0.717, 1.165) is 88.5 Å². The maximum atomic E-state index is 13.0. The molecule has 0 unspecified atom stereocenters. The highest BCUT2D eigenvalue weighted by Gasteiger charge is 2.30. The zero-order valence-corrected chi connectivity index (χ0v) is 29.8. The predicted octanol–water partition coefficient (Wildman–Crippen LogP) is 10.5. The first kappa shape index (κ1) is 40.3. The molecular formula is C36H68N2O4. The van der Waals surface area contributed by atoms with Crippen molar-refractivity contribution in [3.8, 4) is 0 Å². The summed E-state index contributed by atoms with van der Waals surface area (Å²) < 4.78 is 0. The molecule has 0 aliphatic carbocycles. The Labute approximate surface area is 260 Å². The van der Waals surface area contributed by atoms with Gasteiger partial charge in [0.15, 0.2) is 0 Å². The van der Waals surface area contributed by atoms with Crippen molar-refractivity contribution in [2.45, 2.75) is 173 Å². The molecule has 0 atom stereocenters. The fourth-order valence-corrected chi connectivity index (χ4v) is 4.36. The van der Waals surface area contributed by atoms with E-state index in [1.54, 1.807) is 0 Å². The lowest BCUT2D eigenvalue weighted by Gasteiger charge is -2.30. The number of carbonyl (C=O) groups excluding carboxylic acids is 2. The van der Waals surface area contributed by atoms with Gasteiger partial charge in [0, 0.05) is 23.7 Å². The molecule has 0 saturated carbocycles. The molecule has 0 aromatic heterocycles. The molecule has 0 rings (SSSR count). The van der Waals surface area contributed by atoms with Gasteiger partial charge in [-0.1, -0.05) is 79.5 Å². The van der Waals surface area contributed by atoms with Gasteiger partial charge in [0.05, 0.1) is 11.4 Å². The number of nitrogens with zero attached hydrogens (tertiary/aromatic N) is 2. The van der Waals surface area contributed by atoms with Crippen LogP contribution in [-0.2, 0) is 19.3 Å². The van der Waals surface area contributed by atoms with Crippen molar-refractivity contribution in [2.24, 2.45) is 32.0 Å². The van der Waals surface area contributed by atoms with Crippen molar-refractivity contribution < 1.29 is 19.3 Å². The van der Waals surface area contributed by atoms with Crippen molar-refractivity contribution in [1.82, 2.24) is 0 Å². The summed E-state index contributed by atoms with van der Waals surface area (Å²) >= 11 is 0. The summed E-state index contributed by atoms with van der Waals surface area (Å²) in [7, 11) is 0. The molecule has 42 heavy (non-hydrogen) atoms. The third kappa shape index (κ3) is 21.9. The first-order chi connectivity index (χ1) is 19.3. The quantitative estimate of drug-likeness (QED) is 0.0671. The Hall–Kier alpha value is -1.72. The van der Waals surface area contributed by atoms with Crippen LogP contribution in [0.1, 0.15) is 173 Å². The molecule has 246 valence electrons. The Morgan fingerprint density at radius 2 is 0.976 bits per heavy atom. The van der Waals surface area contributed by atoms with Crippen molar-refractivity contribution in [1.29, 1.82) is 0 Å². The fourth-order valence-electron chi connectivity index (χ4n) is 4.36. The van der Waals surface area contributed by atoms with Gasteiger partial charge in [-0.3, -0.25) is 9.59 Å². The average molecular weight is 593 g/mol. The van der Waals surface area contributed by atoms with Crippen LogP contribution in [0.15, 0.2) is 10.3 Å². The van der Waals surface area contributed by atoms with Crippen molar-refractivity contribution in [3.63, 3.8) is 0 Å². The van der Waals surface area contributed by atoms with E-state index in [1.165, 1.54) is 0 Å². The highest BCUT2D eigenvalue weighted by atomic mass is 16.6. The van der Waals surface area contributed by atoms with Crippen LogP contribution in [0.4, 0.5) is 0 Å². The third-order valence-corrected chi connectivity index (χ3v) is 8.14. The Morgan fingerprint density at radius 3 is 1.43 bits per heavy atom. The molecule has 0 amide bonds. The van der Waals surface area contributed by atoms with E-state index in [2.05, 4.69) is 58.8 Å². The lowest BCUT2D eigenvalue weighted by molar-refractivity contribution is -0.128. The molecule has 0 fully saturated rings. The molecule has 0 heterocycles. The minimum atomic E-state index is -0.300. The van der Waals surface area contributed by atoms with Crippen LogP contribution in [-0.4, -0.2) is 36.2 Å². The summed E-state index contributed by atoms with van der Waals surface area (Å²) in [5.74, 6) is 0.692. The number of oxime groups is 2. The van der Waals surface area contributed by atoms with E-state index in [9.17, 15) is 9.59 Å². The fraction of sp³-hybridized carbons (Fsp3) is 0.889. The molecular weight excluding hydrogens is 524 g/mol. The summed E-state index contributed by atoms with van der Waals surface area (Å²) in [5, 5.41) is 8.54. The topological polar surface area (TPSA) is 77.3 Å². The van der Waals surface area contributed by atoms with Crippen LogP contribution in [0.25, 0.3) is 0 Å². The highest BCUT2D eigenvalue weighted by Crippen LogP contribution is 2.35. The van der Waals surface area contributed by atoms with Crippen molar-refractivity contribution in [3.05, 3.63) is 0 Å². The lowest BCUT2D eigenvalue weighted by atomic mass is 9.74. The molecule has 0 bridgehead atoms. The number of hydrogen-bond acceptors (Lipinski definition) is 6. The molecule has 0 aliphatic rings. The van der Waals surface area contributed by atoms with Crippen LogP contribution < -0.4 is 0 Å². The van der Waals surface area contributed by atoms with E-state index in [-0.39, 0.29) is 16.2 Å². The summed E-state index contributed by atoms with van der Waals surface area (Å²) in [4.78, 5) is 36.0. The zero-order valence-electron chi connectivity index (χ0n) is 29.8. The summed E-state index contributed by atoms with van der Waals surface area (Å²) in [6.07, 6.45) is 12.8. The molecule has 0 saturated heterocycles. The van der Waals surface area contributed by atoms with Crippen LogP contribution in [0.5, 0.6) is 0 Å². The number of carbonyl (C=O) groups is 2. The van der Waals surface area contributed by atoms with Crippen LogP contribution in [0.2, 0.25) is 0 Å². The normalized spacial score (nSPS) is 13.8. The SMILES string of the molecule is C/C(CCC(C)(C)C)=N\OCCCCCC(=O)C(C)(C)CCC(C)(C)CC/C(C)=N/OCCCCCC(=O)C(C)(C)C. The molecule has 0 spiro atoms. The molecule has 6 nitrogen and oxygen atoms in total. The smallest absolute Gasteiger partial charge is 0.138 e. The number of Topliss-reactive ketones (excluding diaryl/α,β-unsaturated/α-hetero) is 2. The Kier molecular flexibility index (Phi) is 18.7. The molecule has 0 N–H and O–H groups in total.